The van der Waals surface area contributed by atoms with E-state index in [1.165, 1.54) is 0 Å². The van der Waals surface area contributed by atoms with Gasteiger partial charge < -0.3 is 0 Å². The molecule has 2 aromatic rings. The van der Waals surface area contributed by atoms with Gasteiger partial charge in [0.05, 0.1) is 0 Å². The number of hydrogen-bond donors (Lipinski definition) is 0. The van der Waals surface area contributed by atoms with Crippen molar-refractivity contribution in [3.63, 3.8) is 0 Å². The van der Waals surface area contributed by atoms with Crippen LogP contribution in [0.25, 0.3) is 9.75 Å². The molecular formula is C8H4AsS2. The molecule has 3 heterocycles. The average Bonchev–Trinajstić information content (AvgIpc) is 2.52. The van der Waals surface area contributed by atoms with Crippen LogP contribution in [0.5, 0.6) is 0 Å². The first-order chi connectivity index (χ1) is 5.45. The van der Waals surface area contributed by atoms with Gasteiger partial charge in [-0.05, 0) is 0 Å². The summed E-state index contributed by atoms with van der Waals surface area (Å²) in [4.78, 5) is 3.10. The summed E-state index contributed by atoms with van der Waals surface area (Å²) < 4.78 is 3.24. The summed E-state index contributed by atoms with van der Waals surface area (Å²) >= 11 is 4.13. The Morgan fingerprint density at radius 2 is 1.45 bits per heavy atom. The molecule has 1 aliphatic heterocycles. The Balaban J connectivity index is 2.38. The van der Waals surface area contributed by atoms with Crippen LogP contribution in [0.15, 0.2) is 22.9 Å². The van der Waals surface area contributed by atoms with Crippen LogP contribution >= 0.6 is 22.7 Å². The molecule has 3 rings (SSSR count). The molecular weight excluding hydrogens is 235 g/mol. The van der Waals surface area contributed by atoms with E-state index in [-0.39, 0.29) is 0 Å². The van der Waals surface area contributed by atoms with Gasteiger partial charge in [-0.2, -0.15) is 0 Å². The summed E-state index contributed by atoms with van der Waals surface area (Å²) in [5, 5.41) is 4.42. The molecule has 0 saturated carbocycles. The molecule has 0 N–H and O–H groups in total. The molecule has 1 aliphatic rings. The van der Waals surface area contributed by atoms with E-state index in [0.29, 0.717) is 15.8 Å². The van der Waals surface area contributed by atoms with Gasteiger partial charge in [0, 0.05) is 0 Å². The third-order valence-corrected chi connectivity index (χ3v) is 6.96. The molecule has 0 unspecified atom stereocenters. The summed E-state index contributed by atoms with van der Waals surface area (Å²) in [6.45, 7) is 0. The van der Waals surface area contributed by atoms with Gasteiger partial charge in [-0.1, -0.05) is 0 Å². The van der Waals surface area contributed by atoms with E-state index in [1.807, 2.05) is 22.7 Å². The van der Waals surface area contributed by atoms with Crippen LogP contribution < -0.4 is 8.70 Å². The molecule has 1 radical (unpaired) electrons. The maximum atomic E-state index is 2.28. The van der Waals surface area contributed by atoms with Gasteiger partial charge in [-0.15, -0.1) is 0 Å². The van der Waals surface area contributed by atoms with Crippen molar-refractivity contribution >= 4 is 47.1 Å². The van der Waals surface area contributed by atoms with Gasteiger partial charge >= 0.3 is 79.8 Å². The zero-order valence-electron chi connectivity index (χ0n) is 5.57. The standard InChI is InChI=1S/C8H4AsS2/c1-3-10-7-5(1)9-6-2-4-11-8(6)7/h1-4H. The molecule has 53 valence electrons. The second kappa shape index (κ2) is 2.22. The predicted molar refractivity (Wildman–Crippen MR) is 52.7 cm³/mol. The van der Waals surface area contributed by atoms with E-state index in [2.05, 4.69) is 22.9 Å². The Morgan fingerprint density at radius 1 is 0.909 bits per heavy atom. The first kappa shape index (κ1) is 6.47. The van der Waals surface area contributed by atoms with Crippen LogP contribution in [0.1, 0.15) is 0 Å². The van der Waals surface area contributed by atoms with Gasteiger partial charge in [0.15, 0.2) is 0 Å². The maximum absolute atomic E-state index is 2.28. The van der Waals surface area contributed by atoms with Crippen LogP contribution in [0.3, 0.4) is 0 Å². The molecule has 0 amide bonds. The van der Waals surface area contributed by atoms with Crippen LogP contribution in [-0.4, -0.2) is 15.8 Å². The van der Waals surface area contributed by atoms with Crippen molar-refractivity contribution in [3.8, 4) is 9.75 Å². The van der Waals surface area contributed by atoms with Crippen molar-refractivity contribution in [1.29, 1.82) is 0 Å². The minimum atomic E-state index is 0.341. The van der Waals surface area contributed by atoms with Crippen molar-refractivity contribution in [2.45, 2.75) is 0 Å². The van der Waals surface area contributed by atoms with E-state index in [1.54, 1.807) is 18.5 Å². The summed E-state index contributed by atoms with van der Waals surface area (Å²) in [7, 11) is 0. The molecule has 0 spiro atoms. The Hall–Kier alpha value is -0.0416. The molecule has 0 aliphatic carbocycles. The summed E-state index contributed by atoms with van der Waals surface area (Å²) in [6, 6.07) is 4.57. The van der Waals surface area contributed by atoms with Crippen molar-refractivity contribution in [2.75, 3.05) is 0 Å². The van der Waals surface area contributed by atoms with E-state index in [9.17, 15) is 0 Å². The zero-order valence-corrected chi connectivity index (χ0v) is 9.08. The monoisotopic (exact) mass is 239 g/mol. The third kappa shape index (κ3) is 0.807. The first-order valence-electron chi connectivity index (χ1n) is 3.32. The van der Waals surface area contributed by atoms with Crippen LogP contribution in [0, 0.1) is 0 Å². The van der Waals surface area contributed by atoms with E-state index in [4.69, 9.17) is 0 Å². The zero-order chi connectivity index (χ0) is 7.26. The molecule has 0 fully saturated rings. The van der Waals surface area contributed by atoms with Crippen LogP contribution in [0.2, 0.25) is 0 Å². The molecule has 0 aromatic carbocycles. The number of thiophene rings is 2. The van der Waals surface area contributed by atoms with Gasteiger partial charge in [0.2, 0.25) is 0 Å². The Morgan fingerprint density at radius 3 is 2.00 bits per heavy atom. The molecule has 0 atom stereocenters. The number of fused-ring (bicyclic) bond motifs is 3. The SMILES string of the molecule is c1cc2c(s1)-c1sccc1[As]2. The minimum absolute atomic E-state index is 0.341. The van der Waals surface area contributed by atoms with Crippen molar-refractivity contribution in [1.82, 2.24) is 0 Å². The molecule has 3 heteroatoms. The summed E-state index contributed by atoms with van der Waals surface area (Å²) in [5.74, 6) is 0. The van der Waals surface area contributed by atoms with E-state index in [0.717, 1.165) is 0 Å². The summed E-state index contributed by atoms with van der Waals surface area (Å²) in [5.41, 5.74) is 0. The van der Waals surface area contributed by atoms with Crippen molar-refractivity contribution < 1.29 is 0 Å². The molecule has 0 saturated heterocycles. The Bertz CT molecular complexity index is 361. The fraction of sp³-hybridized carbons (Fsp3) is 0. The van der Waals surface area contributed by atoms with Crippen molar-refractivity contribution in [3.05, 3.63) is 22.9 Å². The number of hydrogen-bond acceptors (Lipinski definition) is 2. The first-order valence-corrected chi connectivity index (χ1v) is 6.96. The Kier molecular flexibility index (Phi) is 1.31. The summed E-state index contributed by atoms with van der Waals surface area (Å²) in [6.07, 6.45) is 0. The number of rotatable bonds is 0. The molecule has 0 nitrogen and oxygen atoms in total. The van der Waals surface area contributed by atoms with Crippen LogP contribution in [0.4, 0.5) is 0 Å². The quantitative estimate of drug-likeness (QED) is 0.521. The van der Waals surface area contributed by atoms with Gasteiger partial charge in [-0.25, -0.2) is 0 Å². The van der Waals surface area contributed by atoms with Gasteiger partial charge in [0.1, 0.15) is 0 Å². The molecule has 2 aromatic heterocycles. The van der Waals surface area contributed by atoms with E-state index < -0.39 is 0 Å². The molecule has 11 heavy (non-hydrogen) atoms. The normalized spacial score (nSPS) is 13.1. The third-order valence-electron chi connectivity index (χ3n) is 1.74. The fourth-order valence-corrected chi connectivity index (χ4v) is 7.00. The van der Waals surface area contributed by atoms with Crippen molar-refractivity contribution in [2.24, 2.45) is 0 Å². The second-order valence-electron chi connectivity index (χ2n) is 2.38. The van der Waals surface area contributed by atoms with E-state index >= 15 is 0 Å². The topological polar surface area (TPSA) is 0 Å². The predicted octanol–water partition coefficient (Wildman–Crippen LogP) is 1.44. The Labute approximate surface area is 79.6 Å². The molecule has 0 bridgehead atoms. The van der Waals surface area contributed by atoms with Gasteiger partial charge in [-0.3, -0.25) is 0 Å². The van der Waals surface area contributed by atoms with Crippen LogP contribution in [-0.2, 0) is 0 Å². The average molecular weight is 239 g/mol. The fourth-order valence-electron chi connectivity index (χ4n) is 1.25. The second-order valence-corrected chi connectivity index (χ2v) is 6.70. The van der Waals surface area contributed by atoms with Gasteiger partial charge in [0.25, 0.3) is 0 Å².